The van der Waals surface area contributed by atoms with Crippen LogP contribution in [0.4, 0.5) is 11.4 Å². The van der Waals surface area contributed by atoms with Crippen LogP contribution in [0, 0.1) is 10.1 Å². The Morgan fingerprint density at radius 3 is 2.49 bits per heavy atom. The highest BCUT2D eigenvalue weighted by molar-refractivity contribution is 9.10. The van der Waals surface area contributed by atoms with Crippen LogP contribution in [0.1, 0.15) is 12.5 Å². The van der Waals surface area contributed by atoms with Crippen LogP contribution in [0.3, 0.4) is 0 Å². The van der Waals surface area contributed by atoms with Crippen molar-refractivity contribution in [2.75, 3.05) is 12.4 Å². The molecule has 0 saturated carbocycles. The number of nitro groups is 1. The molecule has 1 unspecified atom stereocenters. The molecule has 0 fully saturated rings. The van der Waals surface area contributed by atoms with E-state index in [4.69, 9.17) is 14.6 Å². The third-order valence-electron chi connectivity index (χ3n) is 5.59. The molecule has 1 atom stereocenters. The van der Waals surface area contributed by atoms with Crippen molar-refractivity contribution in [2.24, 2.45) is 0 Å². The van der Waals surface area contributed by atoms with E-state index in [-0.39, 0.29) is 17.1 Å². The lowest BCUT2D eigenvalue weighted by Crippen LogP contribution is -2.29. The van der Waals surface area contributed by atoms with Crippen LogP contribution in [0.2, 0.25) is 0 Å². The molecular weight excluding hydrogens is 568 g/mol. The molecule has 4 rings (SSSR count). The summed E-state index contributed by atoms with van der Waals surface area (Å²) >= 11 is 3.43. The average Bonchev–Trinajstić information content (AvgIpc) is 3.37. The van der Waals surface area contributed by atoms with Gasteiger partial charge in [-0.3, -0.25) is 14.9 Å². The molecule has 1 amide bonds. The zero-order valence-electron chi connectivity index (χ0n) is 20.9. The first kappa shape index (κ1) is 27.3. The smallest absolute Gasteiger partial charge is 0.331 e. The van der Waals surface area contributed by atoms with E-state index in [2.05, 4.69) is 21.2 Å². The van der Waals surface area contributed by atoms with Gasteiger partial charge in [-0.05, 0) is 43.3 Å². The normalized spacial score (nSPS) is 11.7. The fraction of sp³-hybridized carbons (Fsp3) is 0.107. The minimum absolute atomic E-state index is 0.0857. The third-order valence-corrected chi connectivity index (χ3v) is 6.12. The number of methoxy groups -OCH3 is 1. The third kappa shape index (κ3) is 6.76. The largest absolute Gasteiger partial charge is 0.495 e. The van der Waals surface area contributed by atoms with Crippen LogP contribution in [0.5, 0.6) is 5.75 Å². The fourth-order valence-electron chi connectivity index (χ4n) is 3.62. The van der Waals surface area contributed by atoms with E-state index in [1.165, 1.54) is 38.3 Å². The van der Waals surface area contributed by atoms with Crippen molar-refractivity contribution in [3.8, 4) is 22.7 Å². The Bertz CT molecular complexity index is 1530. The maximum absolute atomic E-state index is 12.6. The number of nitrogens with zero attached hydrogens (tertiary/aromatic N) is 3. The van der Waals surface area contributed by atoms with Crippen LogP contribution >= 0.6 is 15.9 Å². The number of rotatable bonds is 9. The van der Waals surface area contributed by atoms with E-state index in [9.17, 15) is 19.7 Å². The topological polar surface area (TPSA) is 126 Å². The van der Waals surface area contributed by atoms with E-state index in [0.717, 1.165) is 15.7 Å². The number of hydrogen-bond donors (Lipinski definition) is 1. The van der Waals surface area contributed by atoms with Crippen molar-refractivity contribution in [3.05, 3.63) is 105 Å². The molecule has 0 spiro atoms. The second-order valence-electron chi connectivity index (χ2n) is 8.26. The molecule has 198 valence electrons. The number of carbonyl (C=O) groups is 2. The Balaban J connectivity index is 1.50. The molecule has 0 aliphatic carbocycles. The first-order valence-electron chi connectivity index (χ1n) is 11.7. The van der Waals surface area contributed by atoms with Gasteiger partial charge in [0.05, 0.1) is 29.1 Å². The molecule has 0 aliphatic rings. The number of aromatic nitrogens is 2. The number of nitro benzene ring substituents is 1. The molecule has 1 heterocycles. The predicted octanol–water partition coefficient (Wildman–Crippen LogP) is 5.80. The van der Waals surface area contributed by atoms with Crippen LogP contribution in [-0.4, -0.2) is 39.8 Å². The van der Waals surface area contributed by atoms with E-state index < -0.39 is 22.9 Å². The zero-order chi connectivity index (χ0) is 27.9. The quantitative estimate of drug-likeness (QED) is 0.113. The maximum Gasteiger partial charge on any atom is 0.331 e. The highest BCUT2D eigenvalue weighted by Crippen LogP contribution is 2.29. The van der Waals surface area contributed by atoms with Crippen molar-refractivity contribution < 1.29 is 24.0 Å². The molecule has 10 nitrogen and oxygen atoms in total. The minimum Gasteiger partial charge on any atom is -0.495 e. The monoisotopic (exact) mass is 590 g/mol. The summed E-state index contributed by atoms with van der Waals surface area (Å²) in [6, 6.07) is 20.9. The molecule has 0 radical (unpaired) electrons. The molecule has 39 heavy (non-hydrogen) atoms. The number of benzene rings is 3. The van der Waals surface area contributed by atoms with Crippen LogP contribution < -0.4 is 10.1 Å². The van der Waals surface area contributed by atoms with Crippen molar-refractivity contribution in [3.63, 3.8) is 0 Å². The standard InChI is InChI=1S/C28H23BrN4O6/c1-18(28(35)30-24-16-23(33(36)37)13-14-25(24)38-2)39-26(34)15-10-20-17-32(22-6-4-3-5-7-22)31-27(20)19-8-11-21(29)12-9-19/h3-18H,1-2H3,(H,30,35)/b15-10+. The van der Waals surface area contributed by atoms with Gasteiger partial charge in [-0.25, -0.2) is 9.48 Å². The molecule has 0 saturated heterocycles. The number of non-ortho nitro benzene ring substituents is 1. The zero-order valence-corrected chi connectivity index (χ0v) is 22.5. The number of amides is 1. The van der Waals surface area contributed by atoms with Gasteiger partial charge in [-0.1, -0.05) is 46.3 Å². The Labute approximate surface area is 232 Å². The van der Waals surface area contributed by atoms with E-state index in [1.54, 1.807) is 17.0 Å². The predicted molar refractivity (Wildman–Crippen MR) is 150 cm³/mol. The summed E-state index contributed by atoms with van der Waals surface area (Å²) < 4.78 is 13.0. The number of carbonyl (C=O) groups excluding carboxylic acids is 2. The fourth-order valence-corrected chi connectivity index (χ4v) is 3.89. The number of ether oxygens (including phenoxy) is 2. The number of nitrogens with one attached hydrogen (secondary N) is 1. The van der Waals surface area contributed by atoms with Gasteiger partial charge in [0.15, 0.2) is 6.10 Å². The molecular formula is C28H23BrN4O6. The summed E-state index contributed by atoms with van der Waals surface area (Å²) in [6.07, 6.45) is 3.39. The van der Waals surface area contributed by atoms with Gasteiger partial charge in [0.1, 0.15) is 5.75 Å². The molecule has 0 bridgehead atoms. The van der Waals surface area contributed by atoms with Crippen molar-refractivity contribution in [1.29, 1.82) is 0 Å². The first-order valence-corrected chi connectivity index (χ1v) is 12.5. The Kier molecular flexibility index (Phi) is 8.52. The summed E-state index contributed by atoms with van der Waals surface area (Å²) in [4.78, 5) is 35.7. The molecule has 1 aromatic heterocycles. The Morgan fingerprint density at radius 2 is 1.82 bits per heavy atom. The summed E-state index contributed by atoms with van der Waals surface area (Å²) in [6.45, 7) is 1.39. The number of hydrogen-bond acceptors (Lipinski definition) is 7. The van der Waals surface area contributed by atoms with Crippen LogP contribution in [0.25, 0.3) is 23.0 Å². The lowest BCUT2D eigenvalue weighted by atomic mass is 10.1. The lowest BCUT2D eigenvalue weighted by Gasteiger charge is -2.14. The molecule has 1 N–H and O–H groups in total. The van der Waals surface area contributed by atoms with Gasteiger partial charge in [-0.15, -0.1) is 0 Å². The van der Waals surface area contributed by atoms with E-state index in [1.807, 2.05) is 54.6 Å². The minimum atomic E-state index is -1.19. The highest BCUT2D eigenvalue weighted by atomic mass is 79.9. The number of para-hydroxylation sites is 1. The van der Waals surface area contributed by atoms with Crippen LogP contribution in [-0.2, 0) is 14.3 Å². The van der Waals surface area contributed by atoms with Gasteiger partial charge in [-0.2, -0.15) is 5.10 Å². The number of anilines is 1. The van der Waals surface area contributed by atoms with E-state index in [0.29, 0.717) is 11.3 Å². The van der Waals surface area contributed by atoms with Gasteiger partial charge in [0.25, 0.3) is 11.6 Å². The van der Waals surface area contributed by atoms with Gasteiger partial charge in [0.2, 0.25) is 0 Å². The molecule has 11 heteroatoms. The molecule has 3 aromatic carbocycles. The van der Waals surface area contributed by atoms with Gasteiger partial charge < -0.3 is 14.8 Å². The summed E-state index contributed by atoms with van der Waals surface area (Å²) in [5, 5.41) is 18.3. The Hall–Kier alpha value is -4.77. The summed E-state index contributed by atoms with van der Waals surface area (Å²) in [5.41, 5.74) is 2.87. The summed E-state index contributed by atoms with van der Waals surface area (Å²) in [5.74, 6) is -1.20. The van der Waals surface area contributed by atoms with Crippen molar-refractivity contribution >= 4 is 45.3 Å². The second-order valence-corrected chi connectivity index (χ2v) is 9.18. The summed E-state index contributed by atoms with van der Waals surface area (Å²) in [7, 11) is 1.37. The molecule has 0 aliphatic heterocycles. The lowest BCUT2D eigenvalue weighted by molar-refractivity contribution is -0.384. The van der Waals surface area contributed by atoms with Gasteiger partial charge in [0, 0.05) is 40.0 Å². The Morgan fingerprint density at radius 1 is 1.10 bits per heavy atom. The first-order chi connectivity index (χ1) is 18.7. The second kappa shape index (κ2) is 12.2. The van der Waals surface area contributed by atoms with E-state index >= 15 is 0 Å². The maximum atomic E-state index is 12.6. The van der Waals surface area contributed by atoms with Crippen molar-refractivity contribution in [1.82, 2.24) is 9.78 Å². The highest BCUT2D eigenvalue weighted by Gasteiger charge is 2.20. The SMILES string of the molecule is COc1ccc([N+](=O)[O-])cc1NC(=O)C(C)OC(=O)/C=C/c1cn(-c2ccccc2)nc1-c1ccc(Br)cc1. The van der Waals surface area contributed by atoms with Crippen molar-refractivity contribution in [2.45, 2.75) is 13.0 Å². The molecule has 4 aromatic rings. The number of esters is 1. The average molecular weight is 591 g/mol. The van der Waals surface area contributed by atoms with Crippen LogP contribution in [0.15, 0.2) is 89.5 Å². The van der Waals surface area contributed by atoms with Gasteiger partial charge >= 0.3 is 5.97 Å². The number of halogens is 1.